The average Bonchev–Trinajstić information content (AvgIpc) is 3.22. The number of hydrogen-bond donors (Lipinski definition) is 0. The first-order chi connectivity index (χ1) is 17.2. The van der Waals surface area contributed by atoms with Crippen LogP contribution < -0.4 is 0 Å². The van der Waals surface area contributed by atoms with Crippen molar-refractivity contribution in [1.82, 2.24) is 4.57 Å². The van der Waals surface area contributed by atoms with E-state index >= 15 is 0 Å². The smallest absolute Gasteiger partial charge is 0.161 e. The van der Waals surface area contributed by atoms with Crippen molar-refractivity contribution >= 4 is 55.1 Å². The lowest BCUT2D eigenvalue weighted by molar-refractivity contribution is 1.18. The van der Waals surface area contributed by atoms with Crippen molar-refractivity contribution in [2.24, 2.45) is 9.98 Å². The Morgan fingerprint density at radius 2 is 1.37 bits per heavy atom. The molecule has 0 radical (unpaired) electrons. The van der Waals surface area contributed by atoms with Crippen LogP contribution in [0.5, 0.6) is 0 Å². The molecule has 4 heteroatoms. The van der Waals surface area contributed by atoms with Gasteiger partial charge >= 0.3 is 0 Å². The monoisotopic (exact) mass is 517 g/mol. The number of amidine groups is 1. The summed E-state index contributed by atoms with van der Waals surface area (Å²) in [5.41, 5.74) is 4.98. The molecule has 0 aliphatic rings. The topological polar surface area (TPSA) is 29.6 Å². The van der Waals surface area contributed by atoms with E-state index in [9.17, 15) is 0 Å². The molecule has 0 bridgehead atoms. The van der Waals surface area contributed by atoms with Gasteiger partial charge < -0.3 is 0 Å². The van der Waals surface area contributed by atoms with E-state index in [0.717, 1.165) is 43.1 Å². The minimum Gasteiger partial charge on any atom is -0.294 e. The van der Waals surface area contributed by atoms with Crippen LogP contribution in [0.3, 0.4) is 0 Å². The molecule has 0 N–H and O–H groups in total. The van der Waals surface area contributed by atoms with Gasteiger partial charge in [0, 0.05) is 27.2 Å². The third-order valence-corrected chi connectivity index (χ3v) is 6.34. The highest BCUT2D eigenvalue weighted by atomic mass is 79.9. The molecule has 0 amide bonds. The first kappa shape index (κ1) is 22.8. The van der Waals surface area contributed by atoms with Crippen molar-refractivity contribution in [3.8, 4) is 0 Å². The van der Waals surface area contributed by atoms with E-state index < -0.39 is 0 Å². The summed E-state index contributed by atoms with van der Waals surface area (Å²) in [5, 5.41) is 2.30. The van der Waals surface area contributed by atoms with E-state index in [1.165, 1.54) is 0 Å². The van der Waals surface area contributed by atoms with Gasteiger partial charge in [-0.25, -0.2) is 9.98 Å². The van der Waals surface area contributed by atoms with Crippen molar-refractivity contribution < 1.29 is 0 Å². The number of halogens is 1. The fourth-order valence-electron chi connectivity index (χ4n) is 4.26. The van der Waals surface area contributed by atoms with Gasteiger partial charge in [-0.1, -0.05) is 107 Å². The lowest BCUT2D eigenvalue weighted by atomic mass is 10.1. The lowest BCUT2D eigenvalue weighted by Crippen LogP contribution is -2.07. The Morgan fingerprint density at radius 3 is 2.09 bits per heavy atom. The van der Waals surface area contributed by atoms with Gasteiger partial charge in [-0.05, 0) is 29.8 Å². The third kappa shape index (κ3) is 4.66. The van der Waals surface area contributed by atoms with Crippen LogP contribution in [0.4, 0.5) is 0 Å². The summed E-state index contributed by atoms with van der Waals surface area (Å²) in [6, 6.07) is 34.8. The largest absolute Gasteiger partial charge is 0.294 e. The van der Waals surface area contributed by atoms with Crippen molar-refractivity contribution in [3.05, 3.63) is 138 Å². The summed E-state index contributed by atoms with van der Waals surface area (Å²) in [5.74, 6) is 1.21. The third-order valence-electron chi connectivity index (χ3n) is 5.85. The molecule has 4 aromatic carbocycles. The minimum absolute atomic E-state index is 0.604. The predicted octanol–water partition coefficient (Wildman–Crippen LogP) is 8.50. The van der Waals surface area contributed by atoms with E-state index in [-0.39, 0.29) is 0 Å². The van der Waals surface area contributed by atoms with Gasteiger partial charge in [0.1, 0.15) is 5.82 Å². The molecular weight excluding hydrogens is 494 g/mol. The Morgan fingerprint density at radius 1 is 0.743 bits per heavy atom. The highest BCUT2D eigenvalue weighted by molar-refractivity contribution is 9.10. The van der Waals surface area contributed by atoms with Gasteiger partial charge in [-0.2, -0.15) is 0 Å². The van der Waals surface area contributed by atoms with E-state index in [2.05, 4.69) is 76.1 Å². The zero-order valence-electron chi connectivity index (χ0n) is 19.2. The summed E-state index contributed by atoms with van der Waals surface area (Å²) in [4.78, 5) is 10.1. The number of nitrogens with zero attached hydrogens (tertiary/aromatic N) is 3. The van der Waals surface area contributed by atoms with E-state index in [1.54, 1.807) is 0 Å². The predicted molar refractivity (Wildman–Crippen MR) is 153 cm³/mol. The van der Waals surface area contributed by atoms with Crippen molar-refractivity contribution in [1.29, 1.82) is 0 Å². The maximum atomic E-state index is 5.04. The molecule has 0 unspecified atom stereocenters. The highest BCUT2D eigenvalue weighted by Gasteiger charge is 2.14. The van der Waals surface area contributed by atoms with Gasteiger partial charge in [0.2, 0.25) is 0 Å². The Balaban J connectivity index is 1.71. The van der Waals surface area contributed by atoms with Crippen LogP contribution in [0, 0.1) is 0 Å². The Hall–Kier alpha value is -4.02. The molecule has 0 aliphatic carbocycles. The zero-order valence-corrected chi connectivity index (χ0v) is 20.8. The molecular formula is C31H24BrN3. The fourth-order valence-corrected chi connectivity index (χ4v) is 4.62. The molecule has 1 heterocycles. The van der Waals surface area contributed by atoms with Crippen LogP contribution in [0.25, 0.3) is 27.6 Å². The molecule has 0 spiro atoms. The lowest BCUT2D eigenvalue weighted by Gasteiger charge is -2.11. The summed E-state index contributed by atoms with van der Waals surface area (Å²) in [6.45, 7) is 8.32. The minimum atomic E-state index is 0.604. The molecule has 1 aromatic heterocycles. The number of rotatable bonds is 6. The maximum Gasteiger partial charge on any atom is 0.161 e. The highest BCUT2D eigenvalue weighted by Crippen LogP contribution is 2.33. The molecule has 0 aliphatic heterocycles. The van der Waals surface area contributed by atoms with Crippen LogP contribution in [0.2, 0.25) is 0 Å². The van der Waals surface area contributed by atoms with Crippen LogP contribution >= 0.6 is 15.9 Å². The summed E-state index contributed by atoms with van der Waals surface area (Å²) < 4.78 is 3.14. The van der Waals surface area contributed by atoms with Crippen LogP contribution in [0.1, 0.15) is 17.5 Å². The quantitative estimate of drug-likeness (QED) is 0.123. The fraction of sp³-hybridized carbons (Fsp3) is 0.0323. The van der Waals surface area contributed by atoms with Gasteiger partial charge in [-0.3, -0.25) is 4.57 Å². The molecule has 5 rings (SSSR count). The number of aromatic nitrogens is 1. The van der Waals surface area contributed by atoms with Crippen LogP contribution in [-0.4, -0.2) is 16.1 Å². The van der Waals surface area contributed by atoms with E-state index in [4.69, 9.17) is 9.98 Å². The molecule has 0 saturated carbocycles. The maximum absolute atomic E-state index is 5.04. The molecule has 0 atom stereocenters. The number of aliphatic imine (C=N–C) groups is 2. The van der Waals surface area contributed by atoms with E-state index in [1.807, 2.05) is 66.7 Å². The standard InChI is InChI=1S/C31H24BrN3/c1-3-12-28(23-13-6-4-7-14-23)34-31(24-15-8-5-9-16-24)33-22(2)35-29-18-11-10-17-26(29)27-21-25(32)19-20-30(27)35/h3-11,13-21H,1-2,12H2. The zero-order chi connectivity index (χ0) is 24.2. The summed E-state index contributed by atoms with van der Waals surface area (Å²) >= 11 is 3.61. The normalized spacial score (nSPS) is 12.3. The van der Waals surface area contributed by atoms with E-state index in [0.29, 0.717) is 18.1 Å². The first-order valence-electron chi connectivity index (χ1n) is 11.4. The van der Waals surface area contributed by atoms with Crippen LogP contribution in [-0.2, 0) is 0 Å². The molecule has 5 aromatic rings. The summed E-state index contributed by atoms with van der Waals surface area (Å²) in [6.07, 6.45) is 2.50. The first-order valence-corrected chi connectivity index (χ1v) is 12.2. The van der Waals surface area contributed by atoms with Crippen LogP contribution in [0.15, 0.2) is 137 Å². The van der Waals surface area contributed by atoms with Gasteiger partial charge in [0.05, 0.1) is 16.7 Å². The molecule has 0 fully saturated rings. The Kier molecular flexibility index (Phi) is 6.55. The molecule has 35 heavy (non-hydrogen) atoms. The number of fused-ring (bicyclic) bond motifs is 3. The van der Waals surface area contributed by atoms with Crippen molar-refractivity contribution in [2.45, 2.75) is 6.42 Å². The Bertz CT molecular complexity index is 1590. The second kappa shape index (κ2) is 10.1. The SMILES string of the molecule is C=CCC(=NC(=NC(=C)n1c2ccccc2c2cc(Br)ccc21)c1ccccc1)c1ccccc1. The van der Waals surface area contributed by atoms with Gasteiger partial charge in [0.25, 0.3) is 0 Å². The summed E-state index contributed by atoms with van der Waals surface area (Å²) in [7, 11) is 0. The molecule has 3 nitrogen and oxygen atoms in total. The van der Waals surface area contributed by atoms with Crippen molar-refractivity contribution in [2.75, 3.05) is 0 Å². The second-order valence-corrected chi connectivity index (χ2v) is 9.06. The Labute approximate surface area is 213 Å². The second-order valence-electron chi connectivity index (χ2n) is 8.15. The number of hydrogen-bond acceptors (Lipinski definition) is 1. The van der Waals surface area contributed by atoms with Crippen molar-refractivity contribution in [3.63, 3.8) is 0 Å². The number of benzene rings is 4. The average molecular weight is 518 g/mol. The number of para-hydroxylation sites is 1. The molecule has 170 valence electrons. The van der Waals surface area contributed by atoms with Gasteiger partial charge in [-0.15, -0.1) is 6.58 Å². The number of allylic oxidation sites excluding steroid dienone is 1. The molecule has 0 saturated heterocycles. The van der Waals surface area contributed by atoms with Gasteiger partial charge in [0.15, 0.2) is 5.84 Å².